The molecule has 2 heterocycles. The number of benzene rings is 1. The van der Waals surface area contributed by atoms with Gasteiger partial charge in [0, 0.05) is 24.7 Å². The highest BCUT2D eigenvalue weighted by Gasteiger charge is 2.43. The fourth-order valence-electron chi connectivity index (χ4n) is 4.70. The average molecular weight is 487 g/mol. The molecule has 1 aliphatic rings. The maximum Gasteiger partial charge on any atom is 0.410 e. The van der Waals surface area contributed by atoms with E-state index in [0.717, 1.165) is 36.8 Å². The minimum absolute atomic E-state index is 0.162. The second-order valence-electron chi connectivity index (χ2n) is 9.88. The maximum absolute atomic E-state index is 12.8. The maximum atomic E-state index is 12.8. The third-order valence-electron chi connectivity index (χ3n) is 6.06. The first-order valence-electron chi connectivity index (χ1n) is 11.8. The van der Waals surface area contributed by atoms with Gasteiger partial charge in [0.2, 0.25) is 0 Å². The number of likely N-dealkylation sites (tertiary alicyclic amines) is 1. The molecule has 0 bridgehead atoms. The van der Waals surface area contributed by atoms with E-state index in [9.17, 15) is 9.59 Å². The molecule has 1 aliphatic heterocycles. The van der Waals surface area contributed by atoms with Gasteiger partial charge >= 0.3 is 11.8 Å². The van der Waals surface area contributed by atoms with Crippen LogP contribution in [0.4, 0.5) is 10.6 Å². The van der Waals surface area contributed by atoms with Gasteiger partial charge in [-0.25, -0.2) is 9.59 Å². The molecule has 0 spiro atoms. The molecular formula is C26H35ClN4O3. The summed E-state index contributed by atoms with van der Waals surface area (Å²) in [6.07, 6.45) is 7.12. The van der Waals surface area contributed by atoms with Crippen LogP contribution >= 0.6 is 11.6 Å². The Labute approximate surface area is 206 Å². The van der Waals surface area contributed by atoms with Gasteiger partial charge in [0.25, 0.3) is 0 Å². The molecule has 3 rings (SSSR count). The Kier molecular flexibility index (Phi) is 7.76. The SMILES string of the molecule is CC/C=C(/c1ccc(Cl)c(-n2ccc(N)nc2=O)c1)C1(CCC)CCN(C(=O)OC(C)(C)C)C1. The van der Waals surface area contributed by atoms with Crippen LogP contribution in [0.25, 0.3) is 11.3 Å². The highest BCUT2D eigenvalue weighted by molar-refractivity contribution is 6.32. The second kappa shape index (κ2) is 10.2. The van der Waals surface area contributed by atoms with Crippen molar-refractivity contribution in [2.24, 2.45) is 5.41 Å². The van der Waals surface area contributed by atoms with Crippen molar-refractivity contribution >= 4 is 29.1 Å². The molecule has 34 heavy (non-hydrogen) atoms. The lowest BCUT2D eigenvalue weighted by molar-refractivity contribution is 0.0280. The summed E-state index contributed by atoms with van der Waals surface area (Å²) in [5.74, 6) is 0.162. The molecule has 184 valence electrons. The molecule has 1 atom stereocenters. The van der Waals surface area contributed by atoms with Gasteiger partial charge in [0.15, 0.2) is 0 Å². The first-order valence-corrected chi connectivity index (χ1v) is 12.2. The van der Waals surface area contributed by atoms with Crippen molar-refractivity contribution in [1.29, 1.82) is 0 Å². The number of hydrogen-bond acceptors (Lipinski definition) is 5. The number of nitrogen functional groups attached to an aromatic ring is 1. The summed E-state index contributed by atoms with van der Waals surface area (Å²) in [5, 5.41) is 0.444. The largest absolute Gasteiger partial charge is 0.444 e. The monoisotopic (exact) mass is 486 g/mol. The van der Waals surface area contributed by atoms with Gasteiger partial charge in [-0.05, 0) is 69.4 Å². The van der Waals surface area contributed by atoms with Gasteiger partial charge in [-0.1, -0.05) is 44.0 Å². The van der Waals surface area contributed by atoms with E-state index in [1.807, 2.05) is 37.8 Å². The highest BCUT2D eigenvalue weighted by Crippen LogP contribution is 2.47. The Hall–Kier alpha value is -2.80. The van der Waals surface area contributed by atoms with E-state index in [1.54, 1.807) is 18.3 Å². The molecule has 1 amide bonds. The van der Waals surface area contributed by atoms with Gasteiger partial charge in [-0.3, -0.25) is 4.57 Å². The van der Waals surface area contributed by atoms with Gasteiger partial charge in [-0.15, -0.1) is 0 Å². The third-order valence-corrected chi connectivity index (χ3v) is 6.38. The van der Waals surface area contributed by atoms with E-state index in [-0.39, 0.29) is 17.3 Å². The van der Waals surface area contributed by atoms with Crippen molar-refractivity contribution < 1.29 is 9.53 Å². The molecule has 0 saturated carbocycles. The highest BCUT2D eigenvalue weighted by atomic mass is 35.5. The van der Waals surface area contributed by atoms with Crippen LogP contribution in [-0.2, 0) is 4.74 Å². The number of anilines is 1. The first kappa shape index (κ1) is 25.8. The molecule has 2 N–H and O–H groups in total. The lowest BCUT2D eigenvalue weighted by atomic mass is 9.72. The third kappa shape index (κ3) is 5.63. The molecule has 8 heteroatoms. The number of nitrogens with zero attached hydrogens (tertiary/aromatic N) is 3. The topological polar surface area (TPSA) is 90.5 Å². The molecule has 0 aliphatic carbocycles. The van der Waals surface area contributed by atoms with Gasteiger partial charge in [-0.2, -0.15) is 4.98 Å². The number of nitrogens with two attached hydrogens (primary N) is 1. The van der Waals surface area contributed by atoms with Crippen LogP contribution in [0.1, 0.15) is 65.9 Å². The van der Waals surface area contributed by atoms with Crippen LogP contribution in [0.2, 0.25) is 5.02 Å². The molecule has 0 radical (unpaired) electrons. The van der Waals surface area contributed by atoms with Crippen molar-refractivity contribution in [2.45, 2.75) is 65.9 Å². The summed E-state index contributed by atoms with van der Waals surface area (Å²) in [5.41, 5.74) is 7.11. The Balaban J connectivity index is 2.04. The summed E-state index contributed by atoms with van der Waals surface area (Å²) in [6.45, 7) is 11.1. The van der Waals surface area contributed by atoms with Gasteiger partial charge in [0.05, 0.1) is 10.7 Å². The normalized spacial score (nSPS) is 18.9. The van der Waals surface area contributed by atoms with Crippen LogP contribution in [0.3, 0.4) is 0 Å². The minimum Gasteiger partial charge on any atom is -0.444 e. The number of amides is 1. The Morgan fingerprint density at radius 1 is 1.29 bits per heavy atom. The average Bonchev–Trinajstić information content (AvgIpc) is 3.17. The van der Waals surface area contributed by atoms with Crippen LogP contribution in [0.5, 0.6) is 0 Å². The summed E-state index contributed by atoms with van der Waals surface area (Å²) in [4.78, 5) is 31.0. The second-order valence-corrected chi connectivity index (χ2v) is 10.3. The zero-order valence-electron chi connectivity index (χ0n) is 20.7. The first-order chi connectivity index (χ1) is 16.0. The number of hydrogen-bond donors (Lipinski definition) is 1. The molecule has 1 aromatic carbocycles. The fraction of sp³-hybridized carbons (Fsp3) is 0.500. The van der Waals surface area contributed by atoms with Crippen LogP contribution in [-0.4, -0.2) is 39.2 Å². The number of carbonyl (C=O) groups excluding carboxylic acids is 1. The van der Waals surface area contributed by atoms with Crippen LogP contribution < -0.4 is 11.4 Å². The molecule has 2 aromatic rings. The summed E-state index contributed by atoms with van der Waals surface area (Å²) in [6, 6.07) is 7.29. The summed E-state index contributed by atoms with van der Waals surface area (Å²) in [7, 11) is 0. The predicted octanol–water partition coefficient (Wildman–Crippen LogP) is 5.69. The van der Waals surface area contributed by atoms with Crippen molar-refractivity contribution in [3.63, 3.8) is 0 Å². The number of carbonyl (C=O) groups is 1. The summed E-state index contributed by atoms with van der Waals surface area (Å²) < 4.78 is 7.05. The van der Waals surface area contributed by atoms with E-state index >= 15 is 0 Å². The van der Waals surface area contributed by atoms with Gasteiger partial charge < -0.3 is 15.4 Å². The Bertz CT molecular complexity index is 1140. The van der Waals surface area contributed by atoms with E-state index in [4.69, 9.17) is 22.1 Å². The standard InChI is InChI=1S/C26H35ClN4O3/c1-6-8-19(26(12-7-2)13-15-30(17-26)24(33)34-25(3,4)5)18-9-10-20(27)21(16-18)31-14-11-22(28)29-23(31)32/h8-11,14,16H,6-7,12-13,15,17H2,1-5H3,(H2,28,29,32)/b19-8-. The lowest BCUT2D eigenvalue weighted by Gasteiger charge is -2.33. The van der Waals surface area contributed by atoms with E-state index in [2.05, 4.69) is 24.9 Å². The van der Waals surface area contributed by atoms with Crippen molar-refractivity contribution in [1.82, 2.24) is 14.5 Å². The molecule has 7 nitrogen and oxygen atoms in total. The predicted molar refractivity (Wildman–Crippen MR) is 137 cm³/mol. The van der Waals surface area contributed by atoms with Crippen LogP contribution in [0.15, 0.2) is 41.3 Å². The number of rotatable bonds is 6. The number of ether oxygens (including phenoxy) is 1. The van der Waals surface area contributed by atoms with Gasteiger partial charge in [0.1, 0.15) is 11.4 Å². The Morgan fingerprint density at radius 3 is 2.65 bits per heavy atom. The number of halogens is 1. The van der Waals surface area contributed by atoms with Crippen molar-refractivity contribution in [3.05, 3.63) is 57.6 Å². The smallest absolute Gasteiger partial charge is 0.410 e. The molecular weight excluding hydrogens is 452 g/mol. The van der Waals surface area contributed by atoms with Crippen molar-refractivity contribution in [2.75, 3.05) is 18.8 Å². The quantitative estimate of drug-likeness (QED) is 0.566. The molecule has 1 saturated heterocycles. The Morgan fingerprint density at radius 2 is 2.03 bits per heavy atom. The lowest BCUT2D eigenvalue weighted by Crippen LogP contribution is -2.37. The zero-order valence-corrected chi connectivity index (χ0v) is 21.5. The van der Waals surface area contributed by atoms with E-state index < -0.39 is 11.3 Å². The fourth-order valence-corrected chi connectivity index (χ4v) is 4.91. The minimum atomic E-state index is -0.541. The number of allylic oxidation sites excluding steroid dienone is 1. The zero-order chi connectivity index (χ0) is 25.1. The van der Waals surface area contributed by atoms with E-state index in [1.165, 1.54) is 4.57 Å². The van der Waals surface area contributed by atoms with Crippen LogP contribution in [0, 0.1) is 5.41 Å². The molecule has 1 fully saturated rings. The molecule has 1 unspecified atom stereocenters. The van der Waals surface area contributed by atoms with E-state index in [0.29, 0.717) is 23.8 Å². The molecule has 1 aromatic heterocycles. The van der Waals surface area contributed by atoms with Crippen molar-refractivity contribution in [3.8, 4) is 5.69 Å². The number of aromatic nitrogens is 2. The summed E-state index contributed by atoms with van der Waals surface area (Å²) >= 11 is 6.50.